The molecule has 1 rings (SSSR count). The molecule has 1 aromatic carbocycles. The van der Waals surface area contributed by atoms with Crippen molar-refractivity contribution in [3.05, 3.63) is 29.8 Å². The van der Waals surface area contributed by atoms with Crippen molar-refractivity contribution in [2.45, 2.75) is 12.5 Å². The van der Waals surface area contributed by atoms with Crippen LogP contribution < -0.4 is 5.32 Å². The maximum absolute atomic E-state index is 11.0. The Labute approximate surface area is 82.2 Å². The number of nitrogens with one attached hydrogen (secondary N) is 1. The van der Waals surface area contributed by atoms with Crippen LogP contribution >= 0.6 is 0 Å². The molecule has 0 aliphatic heterocycles. The number of benzene rings is 1. The molecule has 0 aliphatic rings. The number of phenolic OH excluding ortho intramolecular Hbond substituents is 1. The van der Waals surface area contributed by atoms with Crippen LogP contribution in [-0.4, -0.2) is 23.2 Å². The zero-order valence-electron chi connectivity index (χ0n) is 8.11. The third-order valence-electron chi connectivity index (χ3n) is 2.35. The second-order valence-corrected chi connectivity index (χ2v) is 3.23. The van der Waals surface area contributed by atoms with Gasteiger partial charge in [0.05, 0.1) is 0 Å². The number of carbonyl (C=O) groups is 1. The van der Waals surface area contributed by atoms with E-state index in [9.17, 15) is 9.90 Å². The first kappa shape index (κ1) is 10.5. The van der Waals surface area contributed by atoms with Gasteiger partial charge in [-0.15, -0.1) is 0 Å². The van der Waals surface area contributed by atoms with E-state index in [0.29, 0.717) is 5.56 Å². The summed E-state index contributed by atoms with van der Waals surface area (Å²) < 4.78 is 0. The molecule has 3 N–H and O–H groups in total. The number of likely N-dealkylation sites (N-methyl/N-ethyl adjacent to an activating group) is 1. The van der Waals surface area contributed by atoms with Gasteiger partial charge in [-0.2, -0.15) is 0 Å². The smallest absolute Gasteiger partial charge is 0.328 e. The minimum atomic E-state index is -1.17. The maximum atomic E-state index is 11.0. The number of carboxylic acids is 1. The third-order valence-corrected chi connectivity index (χ3v) is 2.35. The van der Waals surface area contributed by atoms with Gasteiger partial charge in [0.2, 0.25) is 0 Å². The lowest BCUT2D eigenvalue weighted by atomic mass is 9.92. The van der Waals surface area contributed by atoms with Crippen LogP contribution in [-0.2, 0) is 10.3 Å². The Balaban J connectivity index is 3.19. The van der Waals surface area contributed by atoms with Crippen LogP contribution in [0.1, 0.15) is 12.5 Å². The summed E-state index contributed by atoms with van der Waals surface area (Å²) in [5.74, 6) is -0.921. The highest BCUT2D eigenvalue weighted by molar-refractivity contribution is 5.80. The number of hydrogen-bond acceptors (Lipinski definition) is 3. The van der Waals surface area contributed by atoms with Crippen LogP contribution in [0, 0.1) is 0 Å². The number of hydrogen-bond donors (Lipinski definition) is 3. The van der Waals surface area contributed by atoms with E-state index in [1.165, 1.54) is 12.1 Å². The van der Waals surface area contributed by atoms with Crippen LogP contribution in [0.4, 0.5) is 0 Å². The zero-order valence-corrected chi connectivity index (χ0v) is 8.11. The van der Waals surface area contributed by atoms with Crippen LogP contribution in [0.3, 0.4) is 0 Å². The second kappa shape index (κ2) is 3.67. The van der Waals surface area contributed by atoms with Gasteiger partial charge < -0.3 is 15.5 Å². The lowest BCUT2D eigenvalue weighted by molar-refractivity contribution is -0.144. The SMILES string of the molecule is CNC(C)(C(=O)O)c1cccc(O)c1. The first-order valence-corrected chi connectivity index (χ1v) is 4.22. The monoisotopic (exact) mass is 195 g/mol. The van der Waals surface area contributed by atoms with Gasteiger partial charge in [-0.25, -0.2) is 4.79 Å². The Bertz CT molecular complexity index is 351. The van der Waals surface area contributed by atoms with Gasteiger partial charge in [-0.3, -0.25) is 0 Å². The second-order valence-electron chi connectivity index (χ2n) is 3.23. The topological polar surface area (TPSA) is 69.6 Å². The summed E-state index contributed by atoms with van der Waals surface area (Å²) in [5.41, 5.74) is -0.647. The fourth-order valence-electron chi connectivity index (χ4n) is 1.19. The Morgan fingerprint density at radius 3 is 2.57 bits per heavy atom. The van der Waals surface area contributed by atoms with E-state index in [1.807, 2.05) is 0 Å². The molecule has 1 atom stereocenters. The van der Waals surface area contributed by atoms with Crippen molar-refractivity contribution in [2.24, 2.45) is 0 Å². The van der Waals surface area contributed by atoms with E-state index in [4.69, 9.17) is 5.11 Å². The van der Waals surface area contributed by atoms with E-state index in [2.05, 4.69) is 5.32 Å². The van der Waals surface area contributed by atoms with Crippen LogP contribution in [0.15, 0.2) is 24.3 Å². The molecule has 14 heavy (non-hydrogen) atoms. The fourth-order valence-corrected chi connectivity index (χ4v) is 1.19. The molecule has 0 radical (unpaired) electrons. The van der Waals surface area contributed by atoms with Crippen LogP contribution in [0.2, 0.25) is 0 Å². The number of aliphatic carboxylic acids is 1. The predicted molar refractivity (Wildman–Crippen MR) is 52.2 cm³/mol. The highest BCUT2D eigenvalue weighted by atomic mass is 16.4. The zero-order chi connectivity index (χ0) is 10.8. The summed E-state index contributed by atoms with van der Waals surface area (Å²) >= 11 is 0. The molecule has 4 heteroatoms. The lowest BCUT2D eigenvalue weighted by Gasteiger charge is -2.24. The van der Waals surface area contributed by atoms with E-state index >= 15 is 0 Å². The minimum Gasteiger partial charge on any atom is -0.508 e. The van der Waals surface area contributed by atoms with Gasteiger partial charge in [0, 0.05) is 0 Å². The summed E-state index contributed by atoms with van der Waals surface area (Å²) in [4.78, 5) is 11.0. The van der Waals surface area contributed by atoms with E-state index in [1.54, 1.807) is 26.1 Å². The average Bonchev–Trinajstić information content (AvgIpc) is 2.16. The quantitative estimate of drug-likeness (QED) is 0.670. The Morgan fingerprint density at radius 1 is 1.50 bits per heavy atom. The molecule has 0 spiro atoms. The summed E-state index contributed by atoms with van der Waals surface area (Å²) in [6, 6.07) is 6.21. The Kier molecular flexibility index (Phi) is 2.76. The molecule has 1 aromatic rings. The van der Waals surface area contributed by atoms with Gasteiger partial charge in [0.15, 0.2) is 0 Å². The summed E-state index contributed by atoms with van der Waals surface area (Å²) in [7, 11) is 1.57. The van der Waals surface area contributed by atoms with Crippen molar-refractivity contribution in [2.75, 3.05) is 7.05 Å². The van der Waals surface area contributed by atoms with Gasteiger partial charge in [0.1, 0.15) is 11.3 Å². The lowest BCUT2D eigenvalue weighted by Crippen LogP contribution is -2.44. The number of rotatable bonds is 3. The van der Waals surface area contributed by atoms with E-state index in [-0.39, 0.29) is 5.75 Å². The van der Waals surface area contributed by atoms with Crippen molar-refractivity contribution >= 4 is 5.97 Å². The maximum Gasteiger partial charge on any atom is 0.328 e. The fraction of sp³-hybridized carbons (Fsp3) is 0.300. The summed E-state index contributed by atoms with van der Waals surface area (Å²) in [6.07, 6.45) is 0. The van der Waals surface area contributed by atoms with Gasteiger partial charge >= 0.3 is 5.97 Å². The Morgan fingerprint density at radius 2 is 2.14 bits per heavy atom. The van der Waals surface area contributed by atoms with Gasteiger partial charge in [-0.1, -0.05) is 12.1 Å². The third kappa shape index (κ3) is 1.70. The molecule has 76 valence electrons. The first-order chi connectivity index (χ1) is 6.50. The van der Waals surface area contributed by atoms with Crippen LogP contribution in [0.5, 0.6) is 5.75 Å². The highest BCUT2D eigenvalue weighted by Gasteiger charge is 2.33. The van der Waals surface area contributed by atoms with Crippen LogP contribution in [0.25, 0.3) is 0 Å². The van der Waals surface area contributed by atoms with E-state index in [0.717, 1.165) is 0 Å². The van der Waals surface area contributed by atoms with Crippen molar-refractivity contribution in [3.63, 3.8) is 0 Å². The van der Waals surface area contributed by atoms with E-state index < -0.39 is 11.5 Å². The van der Waals surface area contributed by atoms with Crippen molar-refractivity contribution in [3.8, 4) is 5.75 Å². The molecule has 0 heterocycles. The van der Waals surface area contributed by atoms with Gasteiger partial charge in [-0.05, 0) is 31.7 Å². The molecule has 0 aliphatic carbocycles. The molecule has 0 amide bonds. The molecule has 0 bridgehead atoms. The van der Waals surface area contributed by atoms with Crippen molar-refractivity contribution in [1.82, 2.24) is 5.32 Å². The number of phenols is 1. The van der Waals surface area contributed by atoms with Crippen molar-refractivity contribution < 1.29 is 15.0 Å². The molecular formula is C10H13NO3. The molecular weight excluding hydrogens is 182 g/mol. The average molecular weight is 195 g/mol. The largest absolute Gasteiger partial charge is 0.508 e. The Hall–Kier alpha value is -1.55. The number of aromatic hydroxyl groups is 1. The highest BCUT2D eigenvalue weighted by Crippen LogP contribution is 2.23. The first-order valence-electron chi connectivity index (χ1n) is 4.22. The standard InChI is InChI=1S/C10H13NO3/c1-10(11-2,9(13)14)7-4-3-5-8(12)6-7/h3-6,11-12H,1-2H3,(H,13,14). The number of carboxylic acid groups (broad SMARTS) is 1. The van der Waals surface area contributed by atoms with Gasteiger partial charge in [0.25, 0.3) is 0 Å². The minimum absolute atomic E-state index is 0.0604. The molecule has 4 nitrogen and oxygen atoms in total. The summed E-state index contributed by atoms with van der Waals surface area (Å²) in [5, 5.41) is 21.0. The molecule has 1 unspecified atom stereocenters. The normalized spacial score (nSPS) is 14.7. The van der Waals surface area contributed by atoms with Crippen molar-refractivity contribution in [1.29, 1.82) is 0 Å². The predicted octanol–water partition coefficient (Wildman–Crippen LogP) is 0.911. The molecule has 0 saturated carbocycles. The summed E-state index contributed by atoms with van der Waals surface area (Å²) in [6.45, 7) is 1.55. The molecule has 0 saturated heterocycles. The molecule has 0 fully saturated rings. The molecule has 0 aromatic heterocycles.